The number of carbonyl (C=O) groups excluding carboxylic acids is 2. The molecule has 1 aromatic carbocycles. The smallest absolute Gasteiger partial charge is 0.396 e. The number of hydrogen-bond acceptors (Lipinski definition) is 3. The maximum absolute atomic E-state index is 11.4. The number of benzene rings is 1. The van der Waals surface area contributed by atoms with Crippen molar-refractivity contribution in [3.63, 3.8) is 0 Å². The second kappa shape index (κ2) is 5.21. The van der Waals surface area contributed by atoms with Crippen molar-refractivity contribution in [3.8, 4) is 0 Å². The van der Waals surface area contributed by atoms with Crippen LogP contribution in [0.3, 0.4) is 0 Å². The molecule has 1 rings (SSSR count). The lowest BCUT2D eigenvalue weighted by Gasteiger charge is -2.20. The Hall–Kier alpha value is -1.84. The SMILES string of the molecule is COC(=O)C(=O)Nc1ccc(C(C)(C)C)cc1C. The summed E-state index contributed by atoms with van der Waals surface area (Å²) in [7, 11) is 1.18. The molecule has 0 radical (unpaired) electrons. The van der Waals surface area contributed by atoms with Gasteiger partial charge in [0.15, 0.2) is 0 Å². The Labute approximate surface area is 107 Å². The predicted octanol–water partition coefficient (Wildman–Crippen LogP) is 2.40. The van der Waals surface area contributed by atoms with Gasteiger partial charge in [-0.2, -0.15) is 0 Å². The quantitative estimate of drug-likeness (QED) is 0.614. The van der Waals surface area contributed by atoms with Crippen molar-refractivity contribution in [3.05, 3.63) is 29.3 Å². The largest absolute Gasteiger partial charge is 0.462 e. The Balaban J connectivity index is 2.94. The lowest BCUT2D eigenvalue weighted by molar-refractivity contribution is -0.150. The van der Waals surface area contributed by atoms with Crippen LogP contribution in [0.1, 0.15) is 31.9 Å². The number of anilines is 1. The van der Waals surface area contributed by atoms with E-state index in [1.165, 1.54) is 12.7 Å². The number of esters is 1. The molecule has 4 heteroatoms. The molecule has 1 amide bonds. The minimum Gasteiger partial charge on any atom is -0.462 e. The summed E-state index contributed by atoms with van der Waals surface area (Å²) >= 11 is 0. The van der Waals surface area contributed by atoms with Gasteiger partial charge in [-0.05, 0) is 29.5 Å². The maximum Gasteiger partial charge on any atom is 0.396 e. The maximum atomic E-state index is 11.4. The third-order valence-electron chi connectivity index (χ3n) is 2.71. The van der Waals surface area contributed by atoms with Gasteiger partial charge in [-0.1, -0.05) is 32.9 Å². The number of methoxy groups -OCH3 is 1. The van der Waals surface area contributed by atoms with Crippen LogP contribution in [0.15, 0.2) is 18.2 Å². The zero-order valence-corrected chi connectivity index (χ0v) is 11.5. The van der Waals surface area contributed by atoms with Gasteiger partial charge in [0.1, 0.15) is 0 Å². The fraction of sp³-hybridized carbons (Fsp3) is 0.429. The second-order valence-corrected chi connectivity index (χ2v) is 5.23. The van der Waals surface area contributed by atoms with E-state index >= 15 is 0 Å². The summed E-state index contributed by atoms with van der Waals surface area (Å²) in [5.41, 5.74) is 2.77. The number of aryl methyl sites for hydroxylation is 1. The molecule has 0 saturated carbocycles. The van der Waals surface area contributed by atoms with Crippen molar-refractivity contribution in [2.24, 2.45) is 0 Å². The van der Waals surface area contributed by atoms with Crippen LogP contribution < -0.4 is 5.32 Å². The number of carbonyl (C=O) groups is 2. The first kappa shape index (κ1) is 14.2. The van der Waals surface area contributed by atoms with Crippen molar-refractivity contribution in [1.82, 2.24) is 0 Å². The van der Waals surface area contributed by atoms with Gasteiger partial charge in [0.2, 0.25) is 0 Å². The highest BCUT2D eigenvalue weighted by molar-refractivity contribution is 6.37. The van der Waals surface area contributed by atoms with Crippen molar-refractivity contribution >= 4 is 17.6 Å². The molecule has 0 spiro atoms. The Morgan fingerprint density at radius 3 is 2.28 bits per heavy atom. The van der Waals surface area contributed by atoms with E-state index in [0.717, 1.165) is 5.56 Å². The topological polar surface area (TPSA) is 55.4 Å². The number of rotatable bonds is 1. The number of ether oxygens (including phenoxy) is 1. The summed E-state index contributed by atoms with van der Waals surface area (Å²) in [5.74, 6) is -1.65. The van der Waals surface area contributed by atoms with Gasteiger partial charge in [-0.25, -0.2) is 4.79 Å². The van der Waals surface area contributed by atoms with Gasteiger partial charge < -0.3 is 10.1 Å². The van der Waals surface area contributed by atoms with E-state index in [4.69, 9.17) is 0 Å². The molecule has 0 bridgehead atoms. The van der Waals surface area contributed by atoms with E-state index < -0.39 is 11.9 Å². The zero-order chi connectivity index (χ0) is 13.9. The fourth-order valence-electron chi connectivity index (χ4n) is 1.54. The Morgan fingerprint density at radius 1 is 1.22 bits per heavy atom. The standard InChI is InChI=1S/C14H19NO3/c1-9-8-10(14(2,3)4)6-7-11(9)15-12(16)13(17)18-5/h6-8H,1-5H3,(H,15,16). The van der Waals surface area contributed by atoms with Crippen LogP contribution in [0.25, 0.3) is 0 Å². The summed E-state index contributed by atoms with van der Waals surface area (Å²) in [6, 6.07) is 5.75. The monoisotopic (exact) mass is 249 g/mol. The highest BCUT2D eigenvalue weighted by atomic mass is 16.5. The van der Waals surface area contributed by atoms with Gasteiger partial charge in [0.25, 0.3) is 0 Å². The average Bonchev–Trinajstić information content (AvgIpc) is 2.29. The minimum atomic E-state index is -0.894. The van der Waals surface area contributed by atoms with Crippen LogP contribution in [0, 0.1) is 6.92 Å². The fourth-order valence-corrected chi connectivity index (χ4v) is 1.54. The van der Waals surface area contributed by atoms with Crippen LogP contribution in [0.2, 0.25) is 0 Å². The highest BCUT2D eigenvalue weighted by Crippen LogP contribution is 2.26. The van der Waals surface area contributed by atoms with Crippen LogP contribution in [-0.2, 0) is 19.7 Å². The summed E-state index contributed by atoms with van der Waals surface area (Å²) < 4.78 is 4.35. The Bertz CT molecular complexity index is 472. The summed E-state index contributed by atoms with van der Waals surface area (Å²) in [6.07, 6.45) is 0. The number of nitrogens with one attached hydrogen (secondary N) is 1. The lowest BCUT2D eigenvalue weighted by atomic mass is 9.86. The first-order valence-corrected chi connectivity index (χ1v) is 5.76. The third-order valence-corrected chi connectivity index (χ3v) is 2.71. The molecule has 1 N–H and O–H groups in total. The van der Waals surface area contributed by atoms with Crippen LogP contribution in [0.4, 0.5) is 5.69 Å². The lowest BCUT2D eigenvalue weighted by Crippen LogP contribution is -2.24. The van der Waals surface area contributed by atoms with Gasteiger partial charge in [-0.15, -0.1) is 0 Å². The highest BCUT2D eigenvalue weighted by Gasteiger charge is 2.17. The predicted molar refractivity (Wildman–Crippen MR) is 70.5 cm³/mol. The summed E-state index contributed by atoms with van der Waals surface area (Å²) in [6.45, 7) is 8.25. The molecule has 0 aliphatic rings. The first-order valence-electron chi connectivity index (χ1n) is 5.76. The van der Waals surface area contributed by atoms with E-state index in [-0.39, 0.29) is 5.41 Å². The molecular formula is C14H19NO3. The zero-order valence-electron chi connectivity index (χ0n) is 11.5. The molecule has 4 nitrogen and oxygen atoms in total. The van der Waals surface area contributed by atoms with Crippen LogP contribution >= 0.6 is 0 Å². The van der Waals surface area contributed by atoms with Gasteiger partial charge >= 0.3 is 11.9 Å². The molecule has 0 heterocycles. The normalized spacial score (nSPS) is 10.9. The summed E-state index contributed by atoms with van der Waals surface area (Å²) in [4.78, 5) is 22.4. The molecular weight excluding hydrogens is 230 g/mol. The van der Waals surface area contributed by atoms with Crippen molar-refractivity contribution < 1.29 is 14.3 Å². The van der Waals surface area contributed by atoms with E-state index in [9.17, 15) is 9.59 Å². The van der Waals surface area contributed by atoms with Gasteiger partial charge in [0.05, 0.1) is 7.11 Å². The van der Waals surface area contributed by atoms with Crippen LogP contribution in [0.5, 0.6) is 0 Å². The molecule has 0 fully saturated rings. The van der Waals surface area contributed by atoms with E-state index in [2.05, 4.69) is 30.8 Å². The minimum absolute atomic E-state index is 0.0512. The van der Waals surface area contributed by atoms with Crippen molar-refractivity contribution in [2.75, 3.05) is 12.4 Å². The molecule has 0 aromatic heterocycles. The van der Waals surface area contributed by atoms with Crippen molar-refractivity contribution in [1.29, 1.82) is 0 Å². The van der Waals surface area contributed by atoms with E-state index in [0.29, 0.717) is 5.69 Å². The Kier molecular flexibility index (Phi) is 4.11. The van der Waals surface area contributed by atoms with Gasteiger partial charge in [-0.3, -0.25) is 4.79 Å². The van der Waals surface area contributed by atoms with E-state index in [1.807, 2.05) is 19.1 Å². The third kappa shape index (κ3) is 3.32. The van der Waals surface area contributed by atoms with Gasteiger partial charge in [0, 0.05) is 5.69 Å². The van der Waals surface area contributed by atoms with E-state index in [1.54, 1.807) is 6.07 Å². The molecule has 18 heavy (non-hydrogen) atoms. The average molecular weight is 249 g/mol. The number of amides is 1. The molecule has 0 atom stereocenters. The molecule has 0 aliphatic heterocycles. The molecule has 0 unspecified atom stereocenters. The van der Waals surface area contributed by atoms with Crippen LogP contribution in [-0.4, -0.2) is 19.0 Å². The molecule has 98 valence electrons. The molecule has 1 aromatic rings. The summed E-state index contributed by atoms with van der Waals surface area (Å²) in [5, 5.41) is 2.53. The van der Waals surface area contributed by atoms with Crippen molar-refractivity contribution in [2.45, 2.75) is 33.1 Å². The molecule has 0 saturated heterocycles. The number of hydrogen-bond donors (Lipinski definition) is 1. The second-order valence-electron chi connectivity index (χ2n) is 5.23. The molecule has 0 aliphatic carbocycles. The first-order chi connectivity index (χ1) is 8.25. The Morgan fingerprint density at radius 2 is 1.83 bits per heavy atom.